The van der Waals surface area contributed by atoms with Crippen LogP contribution in [0.5, 0.6) is 0 Å². The van der Waals surface area contributed by atoms with Crippen molar-refractivity contribution in [2.24, 2.45) is 0 Å². The number of carbonyl (C=O) groups is 2. The lowest BCUT2D eigenvalue weighted by Crippen LogP contribution is -2.20. The summed E-state index contributed by atoms with van der Waals surface area (Å²) < 4.78 is 5.67. The normalized spacial score (nSPS) is 11.5. The van der Waals surface area contributed by atoms with E-state index in [0.717, 1.165) is 11.3 Å². The lowest BCUT2D eigenvalue weighted by atomic mass is 9.99. The molecule has 1 atom stereocenters. The molecule has 3 aromatic carbocycles. The highest BCUT2D eigenvalue weighted by Gasteiger charge is 2.26. The zero-order chi connectivity index (χ0) is 20.1. The molecule has 0 heterocycles. The smallest absolute Gasteiger partial charge is 0.339 e. The maximum absolute atomic E-state index is 13.1. The molecule has 0 radical (unpaired) electrons. The Kier molecular flexibility index (Phi) is 5.90. The lowest BCUT2D eigenvalue weighted by molar-refractivity contribution is 0.0280. The van der Waals surface area contributed by atoms with Gasteiger partial charge in [0.05, 0.1) is 5.56 Å². The van der Waals surface area contributed by atoms with E-state index >= 15 is 0 Å². The number of ether oxygens (including phenoxy) is 1. The molecule has 0 aliphatic carbocycles. The average molecular weight is 373 g/mol. The fourth-order valence-electron chi connectivity index (χ4n) is 2.84. The van der Waals surface area contributed by atoms with Crippen LogP contribution >= 0.6 is 0 Å². The molecule has 0 saturated heterocycles. The monoisotopic (exact) mass is 373 g/mol. The van der Waals surface area contributed by atoms with Crippen molar-refractivity contribution in [2.75, 3.05) is 19.0 Å². The summed E-state index contributed by atoms with van der Waals surface area (Å²) in [5.41, 5.74) is 3.60. The minimum absolute atomic E-state index is 0.246. The number of aryl methyl sites for hydroxylation is 1. The third-order valence-corrected chi connectivity index (χ3v) is 4.52. The van der Waals surface area contributed by atoms with Crippen molar-refractivity contribution < 1.29 is 14.3 Å². The van der Waals surface area contributed by atoms with Crippen molar-refractivity contribution >= 4 is 17.4 Å². The van der Waals surface area contributed by atoms with Crippen LogP contribution in [0.2, 0.25) is 0 Å². The van der Waals surface area contributed by atoms with Crippen molar-refractivity contribution in [1.82, 2.24) is 0 Å². The topological polar surface area (TPSA) is 46.6 Å². The van der Waals surface area contributed by atoms with Gasteiger partial charge in [-0.1, -0.05) is 60.2 Å². The highest BCUT2D eigenvalue weighted by Crippen LogP contribution is 2.25. The van der Waals surface area contributed by atoms with Crippen LogP contribution in [0.25, 0.3) is 0 Å². The number of carbonyl (C=O) groups excluding carboxylic acids is 2. The Hall–Kier alpha value is -3.40. The van der Waals surface area contributed by atoms with Gasteiger partial charge in [-0.3, -0.25) is 4.79 Å². The highest BCUT2D eigenvalue weighted by atomic mass is 16.5. The van der Waals surface area contributed by atoms with Crippen molar-refractivity contribution in [3.63, 3.8) is 0 Å². The van der Waals surface area contributed by atoms with Crippen LogP contribution < -0.4 is 4.90 Å². The molecule has 28 heavy (non-hydrogen) atoms. The number of anilines is 1. The van der Waals surface area contributed by atoms with Crippen molar-refractivity contribution in [3.8, 4) is 0 Å². The summed E-state index contributed by atoms with van der Waals surface area (Å²) in [7, 11) is 3.86. The van der Waals surface area contributed by atoms with E-state index in [4.69, 9.17) is 4.74 Å². The third kappa shape index (κ3) is 4.46. The zero-order valence-electron chi connectivity index (χ0n) is 16.3. The molecule has 0 amide bonds. The largest absolute Gasteiger partial charge is 0.445 e. The molecule has 3 rings (SSSR count). The van der Waals surface area contributed by atoms with Crippen LogP contribution in [0, 0.1) is 6.92 Å². The third-order valence-electron chi connectivity index (χ3n) is 4.52. The van der Waals surface area contributed by atoms with E-state index in [1.807, 2.05) is 68.4 Å². The van der Waals surface area contributed by atoms with Crippen LogP contribution in [0.1, 0.15) is 37.9 Å². The van der Waals surface area contributed by atoms with Crippen molar-refractivity contribution in [3.05, 3.63) is 101 Å². The Morgan fingerprint density at radius 3 is 1.93 bits per heavy atom. The Balaban J connectivity index is 1.88. The number of hydrogen-bond donors (Lipinski definition) is 0. The highest BCUT2D eigenvalue weighted by molar-refractivity contribution is 6.02. The average Bonchev–Trinajstić information content (AvgIpc) is 2.72. The number of nitrogens with zero attached hydrogens (tertiary/aromatic N) is 1. The van der Waals surface area contributed by atoms with Crippen molar-refractivity contribution in [1.29, 1.82) is 0 Å². The van der Waals surface area contributed by atoms with E-state index in [2.05, 4.69) is 0 Å². The second-order valence-corrected chi connectivity index (χ2v) is 6.87. The van der Waals surface area contributed by atoms with E-state index in [1.54, 1.807) is 36.4 Å². The van der Waals surface area contributed by atoms with Crippen LogP contribution in [0.15, 0.2) is 78.9 Å². The van der Waals surface area contributed by atoms with Gasteiger partial charge in [-0.15, -0.1) is 0 Å². The molecule has 4 nitrogen and oxygen atoms in total. The van der Waals surface area contributed by atoms with Gasteiger partial charge in [-0.2, -0.15) is 0 Å². The summed E-state index contributed by atoms with van der Waals surface area (Å²) >= 11 is 0. The molecule has 0 unspecified atom stereocenters. The first-order valence-corrected chi connectivity index (χ1v) is 9.10. The van der Waals surface area contributed by atoms with Gasteiger partial charge in [0.15, 0.2) is 6.10 Å². The predicted octanol–water partition coefficient (Wildman–Crippen LogP) is 4.84. The van der Waals surface area contributed by atoms with Gasteiger partial charge in [0.1, 0.15) is 0 Å². The molecular formula is C24H23NO3. The molecule has 0 fully saturated rings. The first-order valence-electron chi connectivity index (χ1n) is 9.10. The first kappa shape index (κ1) is 19.4. The van der Waals surface area contributed by atoms with E-state index < -0.39 is 12.1 Å². The van der Waals surface area contributed by atoms with Crippen LogP contribution in [0.3, 0.4) is 0 Å². The molecule has 0 N–H and O–H groups in total. The predicted molar refractivity (Wildman–Crippen MR) is 111 cm³/mol. The van der Waals surface area contributed by atoms with Gasteiger partial charge in [0, 0.05) is 30.9 Å². The van der Waals surface area contributed by atoms with Gasteiger partial charge in [-0.05, 0) is 31.2 Å². The fraction of sp³-hybridized carbons (Fsp3) is 0.167. The number of benzene rings is 3. The maximum Gasteiger partial charge on any atom is 0.339 e. The molecule has 0 aliphatic heterocycles. The quantitative estimate of drug-likeness (QED) is 0.458. The van der Waals surface area contributed by atoms with E-state index in [9.17, 15) is 9.59 Å². The number of esters is 1. The molecule has 0 bridgehead atoms. The summed E-state index contributed by atoms with van der Waals surface area (Å²) in [5.74, 6) is -0.774. The molecule has 0 aromatic heterocycles. The summed E-state index contributed by atoms with van der Waals surface area (Å²) in [6, 6.07) is 23.4. The lowest BCUT2D eigenvalue weighted by Gasteiger charge is -2.18. The van der Waals surface area contributed by atoms with E-state index in [0.29, 0.717) is 16.7 Å². The molecule has 0 aliphatic rings. The Bertz CT molecular complexity index is 945. The van der Waals surface area contributed by atoms with Gasteiger partial charge in [0.2, 0.25) is 5.78 Å². The molecule has 3 aromatic rings. The van der Waals surface area contributed by atoms with Crippen LogP contribution in [-0.2, 0) is 4.74 Å². The van der Waals surface area contributed by atoms with Gasteiger partial charge >= 0.3 is 5.97 Å². The Morgan fingerprint density at radius 2 is 1.36 bits per heavy atom. The second kappa shape index (κ2) is 8.53. The summed E-state index contributed by atoms with van der Waals surface area (Å²) in [5, 5.41) is 0. The molecule has 0 spiro atoms. The maximum atomic E-state index is 13.1. The Labute approximate surface area is 165 Å². The van der Waals surface area contributed by atoms with Gasteiger partial charge in [-0.25, -0.2) is 4.79 Å². The van der Waals surface area contributed by atoms with Crippen molar-refractivity contribution in [2.45, 2.75) is 13.0 Å². The fourth-order valence-corrected chi connectivity index (χ4v) is 2.84. The summed E-state index contributed by atoms with van der Waals surface area (Å²) in [6.45, 7) is 1.96. The standard InChI is InChI=1S/C24H23NO3/c1-17-9-11-18(12-10-17)22(26)23(19-7-5-4-6-8-19)28-24(27)20-13-15-21(16-14-20)25(2)3/h4-16,23H,1-3H3/t23-/m1/s1. The second-order valence-electron chi connectivity index (χ2n) is 6.87. The van der Waals surface area contributed by atoms with Crippen LogP contribution in [-0.4, -0.2) is 25.8 Å². The number of Topliss-reactive ketones (excluding diaryl/α,β-unsaturated/α-hetero) is 1. The Morgan fingerprint density at radius 1 is 0.786 bits per heavy atom. The van der Waals surface area contributed by atoms with E-state index in [-0.39, 0.29) is 5.78 Å². The molecule has 4 heteroatoms. The minimum atomic E-state index is -0.995. The SMILES string of the molecule is Cc1ccc(C(=O)[C@H](OC(=O)c2ccc(N(C)C)cc2)c2ccccc2)cc1. The zero-order valence-corrected chi connectivity index (χ0v) is 16.3. The first-order chi connectivity index (χ1) is 13.5. The minimum Gasteiger partial charge on any atom is -0.445 e. The summed E-state index contributed by atoms with van der Waals surface area (Å²) in [6.07, 6.45) is -0.995. The number of rotatable bonds is 6. The van der Waals surface area contributed by atoms with Gasteiger partial charge < -0.3 is 9.64 Å². The van der Waals surface area contributed by atoms with E-state index in [1.165, 1.54) is 0 Å². The number of ketones is 1. The summed E-state index contributed by atoms with van der Waals surface area (Å²) in [4.78, 5) is 27.7. The number of hydrogen-bond acceptors (Lipinski definition) is 4. The molecular weight excluding hydrogens is 350 g/mol. The molecule has 0 saturated carbocycles. The van der Waals surface area contributed by atoms with Crippen LogP contribution in [0.4, 0.5) is 5.69 Å². The molecule has 142 valence electrons. The van der Waals surface area contributed by atoms with Gasteiger partial charge in [0.25, 0.3) is 0 Å².